The number of ketones is 1. The smallest absolute Gasteiger partial charge is 0.248 e. The normalized spacial score (nSPS) is 31.2. The number of allylic oxidation sites excluding steroid dienone is 3. The van der Waals surface area contributed by atoms with Gasteiger partial charge in [-0.15, -0.1) is 0 Å². The molecular weight excluding hydrogens is 576 g/mol. The average molecular weight is 625 g/mol. The van der Waals surface area contributed by atoms with Crippen LogP contribution in [0.15, 0.2) is 65.4 Å². The lowest BCUT2D eigenvalue weighted by Crippen LogP contribution is -2.59. The Kier molecular flexibility index (Phi) is 8.66. The summed E-state index contributed by atoms with van der Waals surface area (Å²) in [5, 5.41) is 3.44. The highest BCUT2D eigenvalue weighted by molar-refractivity contribution is 6.01. The van der Waals surface area contributed by atoms with Crippen LogP contribution >= 0.6 is 0 Å². The number of ether oxygens (including phenoxy) is 2. The monoisotopic (exact) mass is 624 g/mol. The van der Waals surface area contributed by atoms with Crippen LogP contribution in [0.2, 0.25) is 0 Å². The molecule has 5 aliphatic rings. The standard InChI is InChI=1S/C38H48N4O4/c1-5-29-20-28(11-14-46-29)42(21-32-33-22(2)17-23(3)40-34(33)37(32)43)36-24(4)35(41-12-15-45-16-13-41)30-10-9-26(19-31(30)36)25-7-6-8-27(18-25)38(39)44/h6-10,17-19,24,28-29,32,34-36,40H,5,11-16,20-21H2,1-4H3,(H2,39,44). The molecule has 0 radical (unpaired) electrons. The van der Waals surface area contributed by atoms with Crippen LogP contribution in [0.25, 0.3) is 11.1 Å². The van der Waals surface area contributed by atoms with Crippen molar-refractivity contribution in [3.63, 3.8) is 0 Å². The van der Waals surface area contributed by atoms with Gasteiger partial charge in [0.15, 0.2) is 5.78 Å². The van der Waals surface area contributed by atoms with Gasteiger partial charge in [0, 0.05) is 55.6 Å². The Labute approximate surface area is 273 Å². The molecule has 0 bridgehead atoms. The third-order valence-electron chi connectivity index (χ3n) is 11.2. The SMILES string of the molecule is CCC1CC(N(CC2C(=O)C3NC(C)=CC(C)=C23)C2c3cc(-c4cccc(C(N)=O)c4)ccc3C(N3CCOCC3)C2C)CCO1. The molecule has 0 aromatic heterocycles. The first-order valence-corrected chi connectivity index (χ1v) is 17.2. The predicted molar refractivity (Wildman–Crippen MR) is 179 cm³/mol. The van der Waals surface area contributed by atoms with Gasteiger partial charge >= 0.3 is 0 Å². The minimum Gasteiger partial charge on any atom is -0.379 e. The number of fused-ring (bicyclic) bond motifs is 2. The van der Waals surface area contributed by atoms with Crippen molar-refractivity contribution in [2.75, 3.05) is 39.5 Å². The van der Waals surface area contributed by atoms with Crippen molar-refractivity contribution in [2.45, 2.75) is 77.2 Å². The molecule has 3 N–H and O–H groups in total. The number of morpholine rings is 1. The number of primary amides is 1. The summed E-state index contributed by atoms with van der Waals surface area (Å²) in [6.45, 7) is 13.6. The van der Waals surface area contributed by atoms with E-state index in [-0.39, 0.29) is 30.1 Å². The van der Waals surface area contributed by atoms with Gasteiger partial charge < -0.3 is 20.5 Å². The first-order chi connectivity index (χ1) is 22.2. The molecule has 3 fully saturated rings. The van der Waals surface area contributed by atoms with Crippen molar-refractivity contribution in [2.24, 2.45) is 17.6 Å². The second kappa shape index (κ2) is 12.7. The van der Waals surface area contributed by atoms with Gasteiger partial charge in [0.25, 0.3) is 0 Å². The number of nitrogens with zero attached hydrogens (tertiary/aromatic N) is 2. The van der Waals surface area contributed by atoms with Crippen molar-refractivity contribution in [3.05, 3.63) is 82.1 Å². The van der Waals surface area contributed by atoms with Crippen molar-refractivity contribution < 1.29 is 19.1 Å². The summed E-state index contributed by atoms with van der Waals surface area (Å²) in [4.78, 5) is 31.1. The van der Waals surface area contributed by atoms with Crippen LogP contribution in [0, 0.1) is 11.8 Å². The number of amides is 1. The molecule has 3 heterocycles. The summed E-state index contributed by atoms with van der Waals surface area (Å²) < 4.78 is 12.0. The molecule has 3 aliphatic heterocycles. The molecule has 46 heavy (non-hydrogen) atoms. The summed E-state index contributed by atoms with van der Waals surface area (Å²) in [5.41, 5.74) is 14.5. The zero-order valence-corrected chi connectivity index (χ0v) is 27.6. The van der Waals surface area contributed by atoms with Crippen LogP contribution in [-0.4, -0.2) is 79.1 Å². The Morgan fingerprint density at radius 1 is 1.07 bits per heavy atom. The van der Waals surface area contributed by atoms with E-state index in [1.165, 1.54) is 22.3 Å². The second-order valence-corrected chi connectivity index (χ2v) is 14.0. The van der Waals surface area contributed by atoms with E-state index in [1.807, 2.05) is 19.1 Å². The highest BCUT2D eigenvalue weighted by Crippen LogP contribution is 2.53. The Balaban J connectivity index is 1.32. The lowest BCUT2D eigenvalue weighted by molar-refractivity contribution is -0.130. The first kappa shape index (κ1) is 31.3. The van der Waals surface area contributed by atoms with E-state index in [0.29, 0.717) is 29.9 Å². The number of benzene rings is 2. The van der Waals surface area contributed by atoms with Crippen LogP contribution in [-0.2, 0) is 14.3 Å². The minimum atomic E-state index is -0.423. The molecule has 0 spiro atoms. The van der Waals surface area contributed by atoms with Gasteiger partial charge in [-0.2, -0.15) is 0 Å². The molecule has 8 heteroatoms. The second-order valence-electron chi connectivity index (χ2n) is 14.0. The fourth-order valence-electron chi connectivity index (χ4n) is 9.01. The molecule has 7 rings (SSSR count). The zero-order valence-electron chi connectivity index (χ0n) is 27.6. The van der Waals surface area contributed by atoms with Gasteiger partial charge in [-0.25, -0.2) is 0 Å². The van der Waals surface area contributed by atoms with E-state index in [4.69, 9.17) is 15.2 Å². The molecule has 2 aromatic carbocycles. The quantitative estimate of drug-likeness (QED) is 0.419. The number of Topliss-reactive ketones (excluding diaryl/α,β-unsaturated/α-hetero) is 1. The Morgan fingerprint density at radius 3 is 2.61 bits per heavy atom. The van der Waals surface area contributed by atoms with Crippen LogP contribution in [0.3, 0.4) is 0 Å². The van der Waals surface area contributed by atoms with E-state index in [2.05, 4.69) is 66.2 Å². The van der Waals surface area contributed by atoms with Crippen LogP contribution in [0.1, 0.15) is 80.5 Å². The number of dihydropyridines is 1. The van der Waals surface area contributed by atoms with E-state index in [0.717, 1.165) is 69.0 Å². The Morgan fingerprint density at radius 2 is 1.85 bits per heavy atom. The van der Waals surface area contributed by atoms with Gasteiger partial charge in [0.1, 0.15) is 6.04 Å². The lowest BCUT2D eigenvalue weighted by atomic mass is 9.68. The third-order valence-corrected chi connectivity index (χ3v) is 11.2. The molecule has 7 unspecified atom stereocenters. The number of hydrogen-bond donors (Lipinski definition) is 2. The highest BCUT2D eigenvalue weighted by Gasteiger charge is 2.52. The molecule has 1 saturated carbocycles. The summed E-state index contributed by atoms with van der Waals surface area (Å²) in [7, 11) is 0. The Hall–Kier alpha value is -3.30. The zero-order chi connectivity index (χ0) is 32.1. The number of nitrogens with one attached hydrogen (secondary N) is 1. The van der Waals surface area contributed by atoms with Crippen molar-refractivity contribution in [1.82, 2.24) is 15.1 Å². The van der Waals surface area contributed by atoms with Crippen molar-refractivity contribution >= 4 is 11.7 Å². The van der Waals surface area contributed by atoms with Crippen molar-refractivity contribution in [3.8, 4) is 11.1 Å². The maximum atomic E-state index is 13.8. The van der Waals surface area contributed by atoms with Crippen LogP contribution in [0.4, 0.5) is 0 Å². The Bertz CT molecular complexity index is 1580. The van der Waals surface area contributed by atoms with Gasteiger partial charge in [-0.3, -0.25) is 19.4 Å². The summed E-state index contributed by atoms with van der Waals surface area (Å²) in [5.74, 6) is 0.0704. The highest BCUT2D eigenvalue weighted by atomic mass is 16.5. The first-order valence-electron chi connectivity index (χ1n) is 17.2. The molecule has 2 aliphatic carbocycles. The minimum absolute atomic E-state index is 0.113. The summed E-state index contributed by atoms with van der Waals surface area (Å²) in [6, 6.07) is 15.0. The van der Waals surface area contributed by atoms with E-state index in [1.54, 1.807) is 6.07 Å². The molecule has 2 saturated heterocycles. The topological polar surface area (TPSA) is 97.1 Å². The van der Waals surface area contributed by atoms with E-state index >= 15 is 0 Å². The van der Waals surface area contributed by atoms with Gasteiger partial charge in [0.05, 0.1) is 25.2 Å². The molecule has 244 valence electrons. The fourth-order valence-corrected chi connectivity index (χ4v) is 9.01. The average Bonchev–Trinajstić information content (AvgIpc) is 3.36. The number of nitrogens with two attached hydrogens (primary N) is 1. The summed E-state index contributed by atoms with van der Waals surface area (Å²) >= 11 is 0. The number of carbonyl (C=O) groups is 2. The van der Waals surface area contributed by atoms with Gasteiger partial charge in [0.2, 0.25) is 5.91 Å². The maximum absolute atomic E-state index is 13.8. The molecule has 8 nitrogen and oxygen atoms in total. The maximum Gasteiger partial charge on any atom is 0.248 e. The fraction of sp³-hybridized carbons (Fsp3) is 0.526. The van der Waals surface area contributed by atoms with Gasteiger partial charge in [-0.05, 0) is 96.7 Å². The number of hydrogen-bond acceptors (Lipinski definition) is 7. The predicted octanol–water partition coefficient (Wildman–Crippen LogP) is 5.17. The lowest BCUT2D eigenvalue weighted by Gasteiger charge is -2.49. The van der Waals surface area contributed by atoms with E-state index < -0.39 is 5.91 Å². The van der Waals surface area contributed by atoms with Crippen molar-refractivity contribution in [1.29, 1.82) is 0 Å². The van der Waals surface area contributed by atoms with Crippen LogP contribution in [0.5, 0.6) is 0 Å². The molecule has 2 aromatic rings. The van der Waals surface area contributed by atoms with E-state index in [9.17, 15) is 9.59 Å². The number of rotatable bonds is 8. The molecular formula is C38H48N4O4. The van der Waals surface area contributed by atoms with Crippen LogP contribution < -0.4 is 11.1 Å². The largest absolute Gasteiger partial charge is 0.379 e. The van der Waals surface area contributed by atoms with Gasteiger partial charge in [-0.1, -0.05) is 38.1 Å². The third kappa shape index (κ3) is 5.53. The number of carbonyl (C=O) groups excluding carboxylic acids is 2. The molecule has 7 atom stereocenters. The summed E-state index contributed by atoms with van der Waals surface area (Å²) in [6.07, 6.45) is 5.32. The molecule has 1 amide bonds.